The number of aryl methyl sites for hydroxylation is 1. The van der Waals surface area contributed by atoms with Crippen LogP contribution >= 0.6 is 12.2 Å². The number of anilines is 1. The minimum atomic E-state index is -1.11. The van der Waals surface area contributed by atoms with Crippen LogP contribution in [0.15, 0.2) is 34.7 Å². The molecule has 0 aliphatic heterocycles. The van der Waals surface area contributed by atoms with E-state index in [9.17, 15) is 9.59 Å². The Bertz CT molecular complexity index is 811. The number of carboxylic acid groups (broad SMARTS) is 1. The molecule has 1 amide bonds. The summed E-state index contributed by atoms with van der Waals surface area (Å²) in [6.45, 7) is 5.80. The third-order valence-electron chi connectivity index (χ3n) is 3.41. The number of hydrogen-bond acceptors (Lipinski definition) is 4. The maximum atomic E-state index is 11.7. The second kappa shape index (κ2) is 7.94. The lowest BCUT2D eigenvalue weighted by Gasteiger charge is -2.12. The van der Waals surface area contributed by atoms with Crippen LogP contribution in [0.2, 0.25) is 0 Å². The maximum Gasteiger partial charge on any atom is 0.371 e. The molecule has 0 radical (unpaired) electrons. The first-order chi connectivity index (χ1) is 11.8. The Morgan fingerprint density at radius 1 is 1.24 bits per heavy atom. The fourth-order valence-electron chi connectivity index (χ4n) is 2.33. The van der Waals surface area contributed by atoms with Crippen LogP contribution in [0.5, 0.6) is 0 Å². The van der Waals surface area contributed by atoms with Crippen molar-refractivity contribution in [1.82, 2.24) is 5.32 Å². The molecule has 1 aromatic heterocycles. The smallest absolute Gasteiger partial charge is 0.371 e. The van der Waals surface area contributed by atoms with Gasteiger partial charge in [-0.25, -0.2) is 4.79 Å². The first-order valence-corrected chi connectivity index (χ1v) is 8.22. The van der Waals surface area contributed by atoms with E-state index in [0.29, 0.717) is 12.2 Å². The summed E-state index contributed by atoms with van der Waals surface area (Å²) in [5.41, 5.74) is 2.39. The molecule has 0 atom stereocenters. The summed E-state index contributed by atoms with van der Waals surface area (Å²) >= 11 is 5.14. The molecular weight excluding hydrogens is 340 g/mol. The average molecular weight is 360 g/mol. The second-order valence-corrected chi connectivity index (χ2v) is 6.51. The monoisotopic (exact) mass is 360 g/mol. The number of carboxylic acids is 1. The van der Waals surface area contributed by atoms with Crippen molar-refractivity contribution in [3.05, 3.63) is 41.7 Å². The molecule has 1 heterocycles. The number of furan rings is 1. The number of aromatic carboxylic acids is 1. The molecule has 0 saturated heterocycles. The predicted molar refractivity (Wildman–Crippen MR) is 99.7 cm³/mol. The summed E-state index contributed by atoms with van der Waals surface area (Å²) < 4.78 is 5.32. The van der Waals surface area contributed by atoms with Crippen molar-refractivity contribution in [3.63, 3.8) is 0 Å². The van der Waals surface area contributed by atoms with Crippen molar-refractivity contribution in [2.45, 2.75) is 27.2 Å². The molecule has 0 unspecified atom stereocenters. The maximum absolute atomic E-state index is 11.7. The summed E-state index contributed by atoms with van der Waals surface area (Å²) in [6, 6.07) is 8.48. The van der Waals surface area contributed by atoms with E-state index in [1.807, 2.05) is 26.8 Å². The molecular formula is C18H20N2O4S. The Kier molecular flexibility index (Phi) is 5.93. The van der Waals surface area contributed by atoms with Crippen molar-refractivity contribution in [3.8, 4) is 11.3 Å². The summed E-state index contributed by atoms with van der Waals surface area (Å²) in [7, 11) is 0. The van der Waals surface area contributed by atoms with Gasteiger partial charge in [0.25, 0.3) is 0 Å². The van der Waals surface area contributed by atoms with Gasteiger partial charge >= 0.3 is 5.97 Å². The van der Waals surface area contributed by atoms with E-state index in [1.54, 1.807) is 18.2 Å². The molecule has 0 saturated carbocycles. The van der Waals surface area contributed by atoms with Crippen LogP contribution in [-0.4, -0.2) is 22.1 Å². The molecule has 132 valence electrons. The standard InChI is InChI=1S/C18H20N2O4S/c1-10(2)8-16(21)20-18(25)19-12-4-5-13(11(3)9-12)14-6-7-15(24-14)17(22)23/h4-7,9-10H,8H2,1-3H3,(H,22,23)(H2,19,20,21,25). The Hall–Kier alpha value is -2.67. The lowest BCUT2D eigenvalue weighted by Crippen LogP contribution is -2.34. The highest BCUT2D eigenvalue weighted by atomic mass is 32.1. The fourth-order valence-corrected chi connectivity index (χ4v) is 2.56. The highest BCUT2D eigenvalue weighted by Crippen LogP contribution is 2.27. The van der Waals surface area contributed by atoms with Gasteiger partial charge in [0.15, 0.2) is 5.11 Å². The molecule has 2 rings (SSSR count). The van der Waals surface area contributed by atoms with Crippen LogP contribution in [-0.2, 0) is 4.79 Å². The molecule has 6 nitrogen and oxygen atoms in total. The number of nitrogens with one attached hydrogen (secondary N) is 2. The van der Waals surface area contributed by atoms with Gasteiger partial charge in [0.05, 0.1) is 0 Å². The zero-order valence-corrected chi connectivity index (χ0v) is 15.1. The van der Waals surface area contributed by atoms with Gasteiger partial charge in [-0.05, 0) is 61.0 Å². The van der Waals surface area contributed by atoms with Crippen LogP contribution < -0.4 is 10.6 Å². The second-order valence-electron chi connectivity index (χ2n) is 6.10. The Labute approximate surface area is 151 Å². The Balaban J connectivity index is 2.07. The molecule has 0 aliphatic rings. The lowest BCUT2D eigenvalue weighted by atomic mass is 10.1. The van der Waals surface area contributed by atoms with E-state index >= 15 is 0 Å². The number of hydrogen-bond donors (Lipinski definition) is 3. The predicted octanol–water partition coefficient (Wildman–Crippen LogP) is 3.81. The molecule has 0 aliphatic carbocycles. The molecule has 0 spiro atoms. The van der Waals surface area contributed by atoms with Crippen LogP contribution in [0.1, 0.15) is 36.4 Å². The van der Waals surface area contributed by atoms with Crippen LogP contribution in [0.3, 0.4) is 0 Å². The van der Waals surface area contributed by atoms with E-state index in [1.165, 1.54) is 6.07 Å². The third kappa shape index (κ3) is 5.15. The van der Waals surface area contributed by atoms with Crippen molar-refractivity contribution in [2.24, 2.45) is 5.92 Å². The van der Waals surface area contributed by atoms with Gasteiger partial charge in [0.1, 0.15) is 5.76 Å². The van der Waals surface area contributed by atoms with Gasteiger partial charge in [-0.1, -0.05) is 13.8 Å². The summed E-state index contributed by atoms with van der Waals surface area (Å²) in [4.78, 5) is 22.6. The number of thiocarbonyl (C=S) groups is 1. The average Bonchev–Trinajstić information content (AvgIpc) is 2.95. The van der Waals surface area contributed by atoms with E-state index in [-0.39, 0.29) is 22.7 Å². The zero-order valence-electron chi connectivity index (χ0n) is 14.3. The van der Waals surface area contributed by atoms with Gasteiger partial charge in [0.2, 0.25) is 11.7 Å². The summed E-state index contributed by atoms with van der Waals surface area (Å²) in [5.74, 6) is -0.601. The molecule has 0 fully saturated rings. The third-order valence-corrected chi connectivity index (χ3v) is 3.62. The molecule has 3 N–H and O–H groups in total. The minimum absolute atomic E-state index is 0.106. The van der Waals surface area contributed by atoms with Gasteiger partial charge in [0, 0.05) is 17.7 Å². The van der Waals surface area contributed by atoms with Crippen molar-refractivity contribution in [2.75, 3.05) is 5.32 Å². The van der Waals surface area contributed by atoms with E-state index < -0.39 is 5.97 Å². The molecule has 1 aromatic carbocycles. The fraction of sp³-hybridized carbons (Fsp3) is 0.278. The Morgan fingerprint density at radius 2 is 1.96 bits per heavy atom. The molecule has 7 heteroatoms. The SMILES string of the molecule is Cc1cc(NC(=S)NC(=O)CC(C)C)ccc1-c1ccc(C(=O)O)o1. The highest BCUT2D eigenvalue weighted by Gasteiger charge is 2.13. The quantitative estimate of drug-likeness (QED) is 0.702. The number of carbonyl (C=O) groups is 2. The topological polar surface area (TPSA) is 91.6 Å². The van der Waals surface area contributed by atoms with E-state index in [4.69, 9.17) is 21.7 Å². The lowest BCUT2D eigenvalue weighted by molar-refractivity contribution is -0.120. The van der Waals surface area contributed by atoms with Gasteiger partial charge in [-0.15, -0.1) is 0 Å². The van der Waals surface area contributed by atoms with Gasteiger partial charge in [-0.2, -0.15) is 0 Å². The van der Waals surface area contributed by atoms with Crippen molar-refractivity contribution >= 4 is 34.9 Å². The largest absolute Gasteiger partial charge is 0.475 e. The summed E-state index contributed by atoms with van der Waals surface area (Å²) in [6.07, 6.45) is 0.407. The number of rotatable bonds is 5. The first kappa shape index (κ1) is 18.7. The summed E-state index contributed by atoms with van der Waals surface area (Å²) in [5, 5.41) is 14.8. The van der Waals surface area contributed by atoms with Gasteiger partial charge < -0.3 is 20.2 Å². The van der Waals surface area contributed by atoms with Crippen LogP contribution in [0.25, 0.3) is 11.3 Å². The number of carbonyl (C=O) groups excluding carboxylic acids is 1. The Morgan fingerprint density at radius 3 is 2.52 bits per heavy atom. The minimum Gasteiger partial charge on any atom is -0.475 e. The number of benzene rings is 1. The van der Waals surface area contributed by atoms with Crippen LogP contribution in [0, 0.1) is 12.8 Å². The molecule has 2 aromatic rings. The van der Waals surface area contributed by atoms with E-state index in [0.717, 1.165) is 16.8 Å². The number of amides is 1. The van der Waals surface area contributed by atoms with Crippen LogP contribution in [0.4, 0.5) is 5.69 Å². The van der Waals surface area contributed by atoms with Crippen molar-refractivity contribution in [1.29, 1.82) is 0 Å². The van der Waals surface area contributed by atoms with Gasteiger partial charge in [-0.3, -0.25) is 4.79 Å². The normalized spacial score (nSPS) is 10.6. The molecule has 25 heavy (non-hydrogen) atoms. The molecule has 0 bridgehead atoms. The van der Waals surface area contributed by atoms with Crippen molar-refractivity contribution < 1.29 is 19.1 Å². The highest BCUT2D eigenvalue weighted by molar-refractivity contribution is 7.80. The first-order valence-electron chi connectivity index (χ1n) is 7.81. The van der Waals surface area contributed by atoms with E-state index in [2.05, 4.69) is 10.6 Å². The zero-order chi connectivity index (χ0) is 18.6.